The van der Waals surface area contributed by atoms with Crippen molar-refractivity contribution >= 4 is 39.1 Å². The van der Waals surface area contributed by atoms with Crippen LogP contribution < -0.4 is 5.32 Å². The fourth-order valence-electron chi connectivity index (χ4n) is 2.85. The van der Waals surface area contributed by atoms with Gasteiger partial charge < -0.3 is 15.2 Å². The Balaban J connectivity index is 2.10. The van der Waals surface area contributed by atoms with Gasteiger partial charge >= 0.3 is 0 Å². The van der Waals surface area contributed by atoms with Crippen LogP contribution in [0.15, 0.2) is 5.16 Å². The van der Waals surface area contributed by atoms with Crippen molar-refractivity contribution in [3.05, 3.63) is 10.4 Å². The zero-order valence-electron chi connectivity index (χ0n) is 14.7. The quantitative estimate of drug-likeness (QED) is 0.597. The Labute approximate surface area is 151 Å². The number of aliphatic hydroxyl groups is 1. The summed E-state index contributed by atoms with van der Waals surface area (Å²) >= 11 is 3.37. The Bertz CT molecular complexity index is 732. The van der Waals surface area contributed by atoms with Crippen LogP contribution in [-0.2, 0) is 17.8 Å². The van der Waals surface area contributed by atoms with Gasteiger partial charge in [0.25, 0.3) is 0 Å². The molecule has 3 heterocycles. The Kier molecular flexibility index (Phi) is 5.34. The van der Waals surface area contributed by atoms with Crippen LogP contribution in [0.5, 0.6) is 0 Å². The first kappa shape index (κ1) is 17.9. The third kappa shape index (κ3) is 3.54. The van der Waals surface area contributed by atoms with Crippen LogP contribution in [0, 0.1) is 0 Å². The van der Waals surface area contributed by atoms with Crippen LogP contribution in [0.3, 0.4) is 0 Å². The molecule has 0 aliphatic carbocycles. The summed E-state index contributed by atoms with van der Waals surface area (Å²) in [6, 6.07) is 0. The third-order valence-corrected chi connectivity index (χ3v) is 6.27. The van der Waals surface area contributed by atoms with E-state index in [0.29, 0.717) is 18.4 Å². The average Bonchev–Trinajstić information content (AvgIpc) is 2.89. The molecule has 1 aliphatic rings. The zero-order valence-corrected chi connectivity index (χ0v) is 16.3. The van der Waals surface area contributed by atoms with Crippen molar-refractivity contribution in [2.75, 3.05) is 18.5 Å². The molecule has 3 rings (SSSR count). The average molecular weight is 368 g/mol. The third-order valence-electron chi connectivity index (χ3n) is 4.31. The lowest BCUT2D eigenvalue weighted by Crippen LogP contribution is -2.34. The van der Waals surface area contributed by atoms with Crippen molar-refractivity contribution in [1.29, 1.82) is 0 Å². The first-order valence-electron chi connectivity index (χ1n) is 8.43. The van der Waals surface area contributed by atoms with Gasteiger partial charge in [-0.3, -0.25) is 0 Å². The largest absolute Gasteiger partial charge is 0.395 e. The molecular formula is C17H25N3O2S2. The Morgan fingerprint density at radius 1 is 1.42 bits per heavy atom. The number of anilines is 1. The van der Waals surface area contributed by atoms with Gasteiger partial charge in [-0.05, 0) is 18.9 Å². The fraction of sp³-hybridized carbons (Fsp3) is 0.647. The van der Waals surface area contributed by atoms with Gasteiger partial charge in [-0.1, -0.05) is 32.5 Å². The molecule has 0 saturated heterocycles. The van der Waals surface area contributed by atoms with Gasteiger partial charge in [0.15, 0.2) is 5.16 Å². The van der Waals surface area contributed by atoms with Crippen molar-refractivity contribution in [1.82, 2.24) is 9.97 Å². The Morgan fingerprint density at radius 2 is 2.21 bits per heavy atom. The molecule has 5 nitrogen and oxygen atoms in total. The van der Waals surface area contributed by atoms with E-state index in [0.717, 1.165) is 34.0 Å². The van der Waals surface area contributed by atoms with Crippen molar-refractivity contribution in [2.24, 2.45) is 0 Å². The summed E-state index contributed by atoms with van der Waals surface area (Å²) in [6.45, 7) is 9.83. The molecule has 0 spiro atoms. The van der Waals surface area contributed by atoms with E-state index in [1.807, 2.05) is 0 Å². The number of thiophene rings is 1. The van der Waals surface area contributed by atoms with Gasteiger partial charge in [0.1, 0.15) is 10.6 Å². The molecule has 132 valence electrons. The van der Waals surface area contributed by atoms with Gasteiger partial charge in [0.2, 0.25) is 0 Å². The topological polar surface area (TPSA) is 67.3 Å². The number of ether oxygens (including phenoxy) is 1. The van der Waals surface area contributed by atoms with Gasteiger partial charge in [-0.25, -0.2) is 9.97 Å². The Morgan fingerprint density at radius 3 is 2.88 bits per heavy atom. The molecular weight excluding hydrogens is 342 g/mol. The van der Waals surface area contributed by atoms with E-state index in [1.54, 1.807) is 23.1 Å². The molecule has 0 radical (unpaired) electrons. The summed E-state index contributed by atoms with van der Waals surface area (Å²) in [6.07, 6.45) is 1.86. The van der Waals surface area contributed by atoms with E-state index in [2.05, 4.69) is 33.0 Å². The highest BCUT2D eigenvalue weighted by Gasteiger charge is 2.33. The lowest BCUT2D eigenvalue weighted by molar-refractivity contribution is -0.0542. The standard InChI is InChI=1S/C17H25N3O2S2/c1-5-17(4)8-11-12(9-22-17)24-15-13(11)14(18-6-7-21)19-16(20-15)23-10(2)3/h10,21H,5-9H2,1-4H3,(H,18,19,20)/t17-/m0/s1. The van der Waals surface area contributed by atoms with Crippen LogP contribution >= 0.6 is 23.1 Å². The van der Waals surface area contributed by atoms with Gasteiger partial charge in [0.05, 0.1) is 24.2 Å². The SMILES string of the molecule is CC[C@@]1(C)Cc2c(sc3nc(SC(C)C)nc(NCCO)c23)CO1. The number of rotatable bonds is 6. The van der Waals surface area contributed by atoms with E-state index in [-0.39, 0.29) is 12.2 Å². The zero-order chi connectivity index (χ0) is 17.3. The summed E-state index contributed by atoms with van der Waals surface area (Å²) in [7, 11) is 0. The van der Waals surface area contributed by atoms with Crippen molar-refractivity contribution in [3.8, 4) is 0 Å². The lowest BCUT2D eigenvalue weighted by atomic mass is 9.90. The highest BCUT2D eigenvalue weighted by molar-refractivity contribution is 7.99. The minimum atomic E-state index is -0.124. The molecule has 2 aromatic rings. The molecule has 2 aromatic heterocycles. The number of fused-ring (bicyclic) bond motifs is 3. The molecule has 2 N–H and O–H groups in total. The molecule has 1 aliphatic heterocycles. The molecule has 24 heavy (non-hydrogen) atoms. The summed E-state index contributed by atoms with van der Waals surface area (Å²) < 4.78 is 6.08. The van der Waals surface area contributed by atoms with E-state index in [1.165, 1.54) is 10.4 Å². The number of nitrogens with zero attached hydrogens (tertiary/aromatic N) is 2. The second-order valence-corrected chi connectivity index (χ2v) is 9.25. The molecule has 1 atom stereocenters. The lowest BCUT2D eigenvalue weighted by Gasteiger charge is -2.33. The number of hydrogen-bond acceptors (Lipinski definition) is 7. The maximum absolute atomic E-state index is 9.20. The van der Waals surface area contributed by atoms with Crippen molar-refractivity contribution in [2.45, 2.75) is 63.2 Å². The van der Waals surface area contributed by atoms with Crippen LogP contribution in [0.25, 0.3) is 10.2 Å². The molecule has 0 aromatic carbocycles. The molecule has 0 unspecified atom stereocenters. The smallest absolute Gasteiger partial charge is 0.191 e. The van der Waals surface area contributed by atoms with E-state index in [9.17, 15) is 5.11 Å². The van der Waals surface area contributed by atoms with Crippen LogP contribution in [-0.4, -0.2) is 39.1 Å². The number of nitrogens with one attached hydrogen (secondary N) is 1. The number of thioether (sulfide) groups is 1. The molecule has 0 saturated carbocycles. The predicted molar refractivity (Wildman–Crippen MR) is 101 cm³/mol. The minimum Gasteiger partial charge on any atom is -0.395 e. The first-order chi connectivity index (χ1) is 11.5. The summed E-state index contributed by atoms with van der Waals surface area (Å²) in [5, 5.41) is 14.8. The molecule has 0 bridgehead atoms. The van der Waals surface area contributed by atoms with Crippen LogP contribution in [0.1, 0.15) is 44.6 Å². The highest BCUT2D eigenvalue weighted by Crippen LogP contribution is 2.42. The number of aromatic nitrogens is 2. The van der Waals surface area contributed by atoms with Crippen LogP contribution in [0.4, 0.5) is 5.82 Å². The molecule has 0 amide bonds. The maximum atomic E-state index is 9.20. The van der Waals surface area contributed by atoms with Crippen molar-refractivity contribution in [3.63, 3.8) is 0 Å². The molecule has 7 heteroatoms. The summed E-state index contributed by atoms with van der Waals surface area (Å²) in [5.41, 5.74) is 1.19. The summed E-state index contributed by atoms with van der Waals surface area (Å²) in [4.78, 5) is 11.8. The number of aliphatic hydroxyl groups excluding tert-OH is 1. The van der Waals surface area contributed by atoms with E-state index >= 15 is 0 Å². The Hall–Kier alpha value is -0.890. The maximum Gasteiger partial charge on any atom is 0.191 e. The second-order valence-electron chi connectivity index (χ2n) is 6.62. The van der Waals surface area contributed by atoms with Crippen LogP contribution in [0.2, 0.25) is 0 Å². The fourth-order valence-corrected chi connectivity index (χ4v) is 4.72. The monoisotopic (exact) mass is 367 g/mol. The molecule has 0 fully saturated rings. The van der Waals surface area contributed by atoms with Crippen molar-refractivity contribution < 1.29 is 9.84 Å². The summed E-state index contributed by atoms with van der Waals surface area (Å²) in [5.74, 6) is 0.843. The highest BCUT2D eigenvalue weighted by atomic mass is 32.2. The number of hydrogen-bond donors (Lipinski definition) is 2. The second kappa shape index (κ2) is 7.15. The predicted octanol–water partition coefficient (Wildman–Crippen LogP) is 3.84. The first-order valence-corrected chi connectivity index (χ1v) is 10.1. The van der Waals surface area contributed by atoms with E-state index < -0.39 is 0 Å². The normalized spacial score (nSPS) is 20.6. The van der Waals surface area contributed by atoms with Gasteiger partial charge in [0, 0.05) is 23.1 Å². The van der Waals surface area contributed by atoms with Gasteiger partial charge in [-0.2, -0.15) is 0 Å². The van der Waals surface area contributed by atoms with E-state index in [4.69, 9.17) is 14.7 Å². The minimum absolute atomic E-state index is 0.0836. The van der Waals surface area contributed by atoms with Gasteiger partial charge in [-0.15, -0.1) is 11.3 Å².